The van der Waals surface area contributed by atoms with Gasteiger partial charge in [0.2, 0.25) is 0 Å². The summed E-state index contributed by atoms with van der Waals surface area (Å²) in [6.45, 7) is 7.16. The number of nitrogens with zero attached hydrogens (tertiary/aromatic N) is 4. The molecule has 1 aromatic rings. The molecule has 1 unspecified atom stereocenters. The Morgan fingerprint density at radius 3 is 2.72 bits per heavy atom. The predicted octanol–water partition coefficient (Wildman–Crippen LogP) is 3.75. The van der Waals surface area contributed by atoms with Crippen LogP contribution in [0.2, 0.25) is 0 Å². The molecule has 7 nitrogen and oxygen atoms in total. The molecule has 0 spiro atoms. The van der Waals surface area contributed by atoms with Gasteiger partial charge in [0.05, 0.1) is 19.3 Å². The van der Waals surface area contributed by atoms with Gasteiger partial charge in [-0.2, -0.15) is 5.10 Å². The highest BCUT2D eigenvalue weighted by Crippen LogP contribution is 2.21. The van der Waals surface area contributed by atoms with E-state index in [1.807, 2.05) is 31.2 Å². The molecule has 0 bridgehead atoms. The fourth-order valence-electron chi connectivity index (χ4n) is 3.44. The topological polar surface area (TPSA) is 63.9 Å². The van der Waals surface area contributed by atoms with E-state index in [1.165, 1.54) is 38.5 Å². The number of halogens is 1. The highest BCUT2D eigenvalue weighted by molar-refractivity contribution is 14.0. The van der Waals surface area contributed by atoms with Gasteiger partial charge in [-0.15, -0.1) is 24.0 Å². The molecule has 8 heteroatoms. The summed E-state index contributed by atoms with van der Waals surface area (Å²) in [5.41, 5.74) is 1.12. The van der Waals surface area contributed by atoms with Crippen LogP contribution in [0.3, 0.4) is 0 Å². The van der Waals surface area contributed by atoms with Crippen molar-refractivity contribution in [2.45, 2.75) is 58.0 Å². The van der Waals surface area contributed by atoms with Crippen LogP contribution in [0.15, 0.2) is 17.4 Å². The van der Waals surface area contributed by atoms with Crippen LogP contribution in [0.25, 0.3) is 0 Å². The second-order valence-electron chi connectivity index (χ2n) is 7.46. The lowest BCUT2D eigenvalue weighted by Gasteiger charge is -2.34. The predicted molar refractivity (Wildman–Crippen MR) is 129 cm³/mol. The summed E-state index contributed by atoms with van der Waals surface area (Å²) in [5, 5.41) is 7.71. The Labute approximate surface area is 193 Å². The van der Waals surface area contributed by atoms with Crippen molar-refractivity contribution in [2.24, 2.45) is 12.0 Å². The Hall–Kier alpha value is -0.870. The van der Waals surface area contributed by atoms with E-state index in [0.717, 1.165) is 50.8 Å². The fourth-order valence-corrected chi connectivity index (χ4v) is 3.44. The molecule has 0 aliphatic carbocycles. The van der Waals surface area contributed by atoms with Gasteiger partial charge in [0.25, 0.3) is 0 Å². The quantitative estimate of drug-likeness (QED) is 0.197. The van der Waals surface area contributed by atoms with Gasteiger partial charge in [0.15, 0.2) is 5.96 Å². The Morgan fingerprint density at radius 1 is 1.24 bits per heavy atom. The van der Waals surface area contributed by atoms with Crippen LogP contribution in [0.1, 0.15) is 63.5 Å². The average Bonchev–Trinajstić information content (AvgIpc) is 3.15. The van der Waals surface area contributed by atoms with Gasteiger partial charge in [0.1, 0.15) is 6.10 Å². The third-order valence-electron chi connectivity index (χ3n) is 5.07. The number of morpholine rings is 1. The molecule has 0 radical (unpaired) electrons. The van der Waals surface area contributed by atoms with Gasteiger partial charge in [-0.1, -0.05) is 39.0 Å². The monoisotopic (exact) mass is 521 g/mol. The molecule has 1 aliphatic rings. The van der Waals surface area contributed by atoms with Crippen LogP contribution < -0.4 is 5.32 Å². The second kappa shape index (κ2) is 15.9. The average molecular weight is 521 g/mol. The van der Waals surface area contributed by atoms with Crippen molar-refractivity contribution in [3.05, 3.63) is 18.0 Å². The first-order chi connectivity index (χ1) is 13.7. The minimum absolute atomic E-state index is 0. The number of hydrogen-bond acceptors (Lipinski definition) is 4. The van der Waals surface area contributed by atoms with Crippen molar-refractivity contribution >= 4 is 29.9 Å². The van der Waals surface area contributed by atoms with Crippen molar-refractivity contribution in [3.63, 3.8) is 0 Å². The zero-order valence-corrected chi connectivity index (χ0v) is 20.8. The van der Waals surface area contributed by atoms with Crippen molar-refractivity contribution in [2.75, 3.05) is 46.5 Å². The summed E-state index contributed by atoms with van der Waals surface area (Å²) in [5.74, 6) is 0.938. The van der Waals surface area contributed by atoms with Crippen LogP contribution in [0.4, 0.5) is 0 Å². The SMILES string of the molecule is CCCCCCCCOCCCNC(=NC)N1CCOC(c2cnn(C)c2)C1.I. The molecule has 0 aromatic carbocycles. The summed E-state index contributed by atoms with van der Waals surface area (Å²) in [4.78, 5) is 6.70. The summed E-state index contributed by atoms with van der Waals surface area (Å²) in [7, 11) is 3.77. The second-order valence-corrected chi connectivity index (χ2v) is 7.46. The fraction of sp³-hybridized carbons (Fsp3) is 0.810. The summed E-state index contributed by atoms with van der Waals surface area (Å²) in [6.07, 6.45) is 12.8. The number of hydrogen-bond donors (Lipinski definition) is 1. The highest BCUT2D eigenvalue weighted by atomic mass is 127. The summed E-state index contributed by atoms with van der Waals surface area (Å²) < 4.78 is 13.5. The molecular weight excluding hydrogens is 481 g/mol. The molecule has 1 atom stereocenters. The van der Waals surface area contributed by atoms with E-state index >= 15 is 0 Å². The first-order valence-electron chi connectivity index (χ1n) is 10.9. The van der Waals surface area contributed by atoms with Crippen LogP contribution >= 0.6 is 24.0 Å². The van der Waals surface area contributed by atoms with Crippen LogP contribution in [-0.2, 0) is 16.5 Å². The molecule has 168 valence electrons. The minimum atomic E-state index is 0. The Kier molecular flexibility index (Phi) is 14.3. The lowest BCUT2D eigenvalue weighted by atomic mass is 10.1. The largest absolute Gasteiger partial charge is 0.381 e. The maximum Gasteiger partial charge on any atom is 0.193 e. The van der Waals surface area contributed by atoms with Crippen molar-refractivity contribution < 1.29 is 9.47 Å². The van der Waals surface area contributed by atoms with E-state index in [4.69, 9.17) is 9.47 Å². The number of nitrogens with one attached hydrogen (secondary N) is 1. The van der Waals surface area contributed by atoms with Crippen molar-refractivity contribution in [1.29, 1.82) is 0 Å². The Balaban J connectivity index is 0.00000420. The van der Waals surface area contributed by atoms with E-state index in [0.29, 0.717) is 6.61 Å². The third kappa shape index (κ3) is 10.1. The van der Waals surface area contributed by atoms with E-state index in [9.17, 15) is 0 Å². The van der Waals surface area contributed by atoms with Gasteiger partial charge in [-0.3, -0.25) is 9.67 Å². The third-order valence-corrected chi connectivity index (χ3v) is 5.07. The van der Waals surface area contributed by atoms with Crippen LogP contribution in [0.5, 0.6) is 0 Å². The smallest absolute Gasteiger partial charge is 0.193 e. The van der Waals surface area contributed by atoms with Crippen LogP contribution in [0, 0.1) is 0 Å². The number of aryl methyl sites for hydroxylation is 1. The number of aromatic nitrogens is 2. The maximum atomic E-state index is 5.92. The van der Waals surface area contributed by atoms with Crippen molar-refractivity contribution in [1.82, 2.24) is 20.0 Å². The van der Waals surface area contributed by atoms with E-state index in [-0.39, 0.29) is 30.1 Å². The molecule has 29 heavy (non-hydrogen) atoms. The lowest BCUT2D eigenvalue weighted by molar-refractivity contribution is -0.00805. The molecule has 1 fully saturated rings. The van der Waals surface area contributed by atoms with Crippen molar-refractivity contribution in [3.8, 4) is 0 Å². The minimum Gasteiger partial charge on any atom is -0.381 e. The zero-order valence-electron chi connectivity index (χ0n) is 18.4. The summed E-state index contributed by atoms with van der Waals surface area (Å²) >= 11 is 0. The highest BCUT2D eigenvalue weighted by Gasteiger charge is 2.24. The first kappa shape index (κ1) is 26.2. The van der Waals surface area contributed by atoms with E-state index in [2.05, 4.69) is 27.2 Å². The molecule has 1 saturated heterocycles. The molecule has 1 N–H and O–H groups in total. The maximum absolute atomic E-state index is 5.92. The van der Waals surface area contributed by atoms with Gasteiger partial charge >= 0.3 is 0 Å². The molecule has 1 aromatic heterocycles. The van der Waals surface area contributed by atoms with Gasteiger partial charge in [0, 0.05) is 52.2 Å². The standard InChI is InChI=1S/C21H39N5O2.HI/c1-4-5-6-7-8-9-13-27-14-10-11-23-21(22-2)26-12-15-28-20(18-26)19-16-24-25(3)17-19;/h16-17,20H,4-15,18H2,1-3H3,(H,22,23);1H. The van der Waals surface area contributed by atoms with Crippen LogP contribution in [-0.4, -0.2) is 67.1 Å². The number of ether oxygens (including phenoxy) is 2. The number of guanidine groups is 1. The number of aliphatic imine (C=N–C) groups is 1. The van der Waals surface area contributed by atoms with Gasteiger partial charge < -0.3 is 19.7 Å². The lowest BCUT2D eigenvalue weighted by Crippen LogP contribution is -2.48. The molecular formula is C21H40IN5O2. The first-order valence-corrected chi connectivity index (χ1v) is 10.9. The Bertz CT molecular complexity index is 567. The molecule has 2 rings (SSSR count). The molecule has 1 aliphatic heterocycles. The molecule has 2 heterocycles. The number of unbranched alkanes of at least 4 members (excludes halogenated alkanes) is 5. The van der Waals surface area contributed by atoms with E-state index in [1.54, 1.807) is 0 Å². The zero-order chi connectivity index (χ0) is 20.0. The van der Waals surface area contributed by atoms with Gasteiger partial charge in [-0.05, 0) is 12.8 Å². The van der Waals surface area contributed by atoms with E-state index < -0.39 is 0 Å². The molecule has 0 saturated carbocycles. The Morgan fingerprint density at radius 2 is 2.00 bits per heavy atom. The van der Waals surface area contributed by atoms with Gasteiger partial charge in [-0.25, -0.2) is 0 Å². The normalized spacial score (nSPS) is 17.3. The number of rotatable bonds is 12. The summed E-state index contributed by atoms with van der Waals surface area (Å²) in [6, 6.07) is 0. The molecule has 0 amide bonds.